The maximum Gasteiger partial charge on any atom is 0.251 e. The van der Waals surface area contributed by atoms with Gasteiger partial charge < -0.3 is 16.0 Å². The highest BCUT2D eigenvalue weighted by atomic mass is 127. The second-order valence-electron chi connectivity index (χ2n) is 7.53. The molecule has 3 N–H and O–H groups in total. The van der Waals surface area contributed by atoms with Crippen LogP contribution in [0.1, 0.15) is 54.3 Å². The van der Waals surface area contributed by atoms with Gasteiger partial charge in [-0.1, -0.05) is 32.9 Å². The molecule has 0 saturated carbocycles. The van der Waals surface area contributed by atoms with Crippen molar-refractivity contribution in [1.29, 1.82) is 0 Å². The van der Waals surface area contributed by atoms with Gasteiger partial charge in [0.25, 0.3) is 5.91 Å². The van der Waals surface area contributed by atoms with Crippen LogP contribution in [0.5, 0.6) is 0 Å². The van der Waals surface area contributed by atoms with Crippen molar-refractivity contribution in [2.24, 2.45) is 4.99 Å². The number of aliphatic imine (C=N–C) groups is 1. The van der Waals surface area contributed by atoms with Gasteiger partial charge in [0.1, 0.15) is 5.01 Å². The van der Waals surface area contributed by atoms with Crippen LogP contribution in [0, 0.1) is 0 Å². The summed E-state index contributed by atoms with van der Waals surface area (Å²) in [4.78, 5) is 21.1. The molecule has 0 unspecified atom stereocenters. The molecule has 0 atom stereocenters. The topological polar surface area (TPSA) is 78.4 Å². The first-order valence-electron chi connectivity index (χ1n) is 9.61. The van der Waals surface area contributed by atoms with Crippen molar-refractivity contribution in [3.63, 3.8) is 0 Å². The summed E-state index contributed by atoms with van der Waals surface area (Å²) in [7, 11) is 1.64. The van der Waals surface area contributed by atoms with E-state index in [1.54, 1.807) is 18.4 Å². The SMILES string of the molecule is CCNC(=NCc1nc(C(C)(C)C)cs1)NCCc1cccc(C(=O)NC)c1.I. The molecule has 0 aliphatic rings. The lowest BCUT2D eigenvalue weighted by Gasteiger charge is -2.14. The van der Waals surface area contributed by atoms with E-state index in [2.05, 4.69) is 47.1 Å². The zero-order chi connectivity index (χ0) is 20.6. The molecular weight excluding hydrogens is 497 g/mol. The fourth-order valence-electron chi connectivity index (χ4n) is 2.55. The molecular formula is C21H32IN5OS. The van der Waals surface area contributed by atoms with Gasteiger partial charge in [-0.2, -0.15) is 0 Å². The highest BCUT2D eigenvalue weighted by Gasteiger charge is 2.17. The van der Waals surface area contributed by atoms with Crippen LogP contribution in [0.4, 0.5) is 0 Å². The van der Waals surface area contributed by atoms with Crippen molar-refractivity contribution in [2.45, 2.75) is 46.1 Å². The number of amides is 1. The lowest BCUT2D eigenvalue weighted by molar-refractivity contribution is 0.0963. The Balaban J connectivity index is 0.00000420. The van der Waals surface area contributed by atoms with Crippen LogP contribution < -0.4 is 16.0 Å². The Hall–Kier alpha value is -1.68. The van der Waals surface area contributed by atoms with Gasteiger partial charge in [-0.25, -0.2) is 9.98 Å². The number of thiazole rings is 1. The number of nitrogens with zero attached hydrogens (tertiary/aromatic N) is 2. The Bertz CT molecular complexity index is 813. The van der Waals surface area contributed by atoms with Crippen LogP contribution in [-0.2, 0) is 18.4 Å². The summed E-state index contributed by atoms with van der Waals surface area (Å²) in [6, 6.07) is 7.69. The molecule has 0 fully saturated rings. The van der Waals surface area contributed by atoms with Gasteiger partial charge in [0.15, 0.2) is 5.96 Å². The molecule has 0 spiro atoms. The summed E-state index contributed by atoms with van der Waals surface area (Å²) in [6.45, 7) is 10.6. The van der Waals surface area contributed by atoms with Crippen LogP contribution in [0.25, 0.3) is 0 Å². The lowest BCUT2D eigenvalue weighted by atomic mass is 9.93. The molecule has 0 saturated heterocycles. The molecule has 29 heavy (non-hydrogen) atoms. The molecule has 6 nitrogen and oxygen atoms in total. The quantitative estimate of drug-likeness (QED) is 0.290. The zero-order valence-corrected chi connectivity index (χ0v) is 21.0. The van der Waals surface area contributed by atoms with Gasteiger partial charge in [0.05, 0.1) is 12.2 Å². The van der Waals surface area contributed by atoms with Crippen molar-refractivity contribution in [2.75, 3.05) is 20.1 Å². The second kappa shape index (κ2) is 12.1. The summed E-state index contributed by atoms with van der Waals surface area (Å²) in [5.74, 6) is 0.709. The molecule has 8 heteroatoms. The van der Waals surface area contributed by atoms with E-state index in [-0.39, 0.29) is 35.3 Å². The Labute approximate surface area is 195 Å². The van der Waals surface area contributed by atoms with E-state index in [1.807, 2.05) is 31.2 Å². The number of benzene rings is 1. The van der Waals surface area contributed by atoms with Gasteiger partial charge in [0.2, 0.25) is 0 Å². The molecule has 2 aromatic rings. The normalized spacial score (nSPS) is 11.6. The third-order valence-corrected chi connectivity index (χ3v) is 4.99. The number of rotatable bonds is 7. The fourth-order valence-corrected chi connectivity index (χ4v) is 3.50. The molecule has 0 radical (unpaired) electrons. The Morgan fingerprint density at radius 3 is 2.62 bits per heavy atom. The number of aromatic nitrogens is 1. The van der Waals surface area contributed by atoms with Crippen molar-refractivity contribution in [3.05, 3.63) is 51.5 Å². The smallest absolute Gasteiger partial charge is 0.251 e. The average molecular weight is 529 g/mol. The number of guanidine groups is 1. The molecule has 0 aliphatic carbocycles. The number of halogens is 1. The van der Waals surface area contributed by atoms with Crippen LogP contribution >= 0.6 is 35.3 Å². The first kappa shape index (κ1) is 25.4. The van der Waals surface area contributed by atoms with Gasteiger partial charge in [-0.3, -0.25) is 4.79 Å². The van der Waals surface area contributed by atoms with Crippen molar-refractivity contribution in [3.8, 4) is 0 Å². The Morgan fingerprint density at radius 2 is 2.00 bits per heavy atom. The molecule has 0 bridgehead atoms. The Kier molecular flexibility index (Phi) is 10.6. The van der Waals surface area contributed by atoms with Gasteiger partial charge in [-0.15, -0.1) is 35.3 Å². The number of hydrogen-bond acceptors (Lipinski definition) is 4. The molecule has 2 rings (SSSR count). The third kappa shape index (κ3) is 8.30. The third-order valence-electron chi connectivity index (χ3n) is 4.16. The Morgan fingerprint density at radius 1 is 1.24 bits per heavy atom. The molecule has 1 aromatic heterocycles. The first-order valence-corrected chi connectivity index (χ1v) is 10.5. The van der Waals surface area contributed by atoms with Crippen LogP contribution in [0.2, 0.25) is 0 Å². The van der Waals surface area contributed by atoms with Gasteiger partial charge >= 0.3 is 0 Å². The monoisotopic (exact) mass is 529 g/mol. The minimum Gasteiger partial charge on any atom is -0.357 e. The van der Waals surface area contributed by atoms with E-state index in [0.717, 1.165) is 41.7 Å². The fraction of sp³-hybridized carbons (Fsp3) is 0.476. The van der Waals surface area contributed by atoms with Crippen LogP contribution in [0.3, 0.4) is 0 Å². The van der Waals surface area contributed by atoms with Crippen LogP contribution in [0.15, 0.2) is 34.6 Å². The maximum absolute atomic E-state index is 11.8. The summed E-state index contributed by atoms with van der Waals surface area (Å²) in [5.41, 5.74) is 2.96. The summed E-state index contributed by atoms with van der Waals surface area (Å²) >= 11 is 1.65. The number of carbonyl (C=O) groups excluding carboxylic acids is 1. The number of nitrogens with one attached hydrogen (secondary N) is 3. The minimum absolute atomic E-state index is 0. The van der Waals surface area contributed by atoms with E-state index >= 15 is 0 Å². The van der Waals surface area contributed by atoms with Crippen molar-refractivity contribution >= 4 is 47.2 Å². The van der Waals surface area contributed by atoms with Crippen LogP contribution in [-0.4, -0.2) is 37.0 Å². The van der Waals surface area contributed by atoms with E-state index < -0.39 is 0 Å². The van der Waals surface area contributed by atoms with Crippen molar-refractivity contribution < 1.29 is 4.79 Å². The standard InChI is InChI=1S/C21H31N5OS.HI/c1-6-23-20(25-13-18-26-17(14-28-18)21(2,3)4)24-11-10-15-8-7-9-16(12-15)19(27)22-5;/h7-9,12,14H,6,10-11,13H2,1-5H3,(H,22,27)(H2,23,24,25);1H. The molecule has 1 amide bonds. The van der Waals surface area contributed by atoms with Crippen molar-refractivity contribution in [1.82, 2.24) is 20.9 Å². The first-order chi connectivity index (χ1) is 13.3. The molecule has 1 heterocycles. The van der Waals surface area contributed by atoms with Gasteiger partial charge in [-0.05, 0) is 31.0 Å². The molecule has 0 aliphatic heterocycles. The second-order valence-corrected chi connectivity index (χ2v) is 8.47. The predicted octanol–water partition coefficient (Wildman–Crippen LogP) is 3.72. The predicted molar refractivity (Wildman–Crippen MR) is 133 cm³/mol. The lowest BCUT2D eigenvalue weighted by Crippen LogP contribution is -2.38. The van der Waals surface area contributed by atoms with E-state index in [4.69, 9.17) is 4.98 Å². The summed E-state index contributed by atoms with van der Waals surface area (Å²) in [5, 5.41) is 12.4. The minimum atomic E-state index is -0.0669. The largest absolute Gasteiger partial charge is 0.357 e. The van der Waals surface area contributed by atoms with E-state index in [9.17, 15) is 4.79 Å². The average Bonchev–Trinajstić information content (AvgIpc) is 3.15. The van der Waals surface area contributed by atoms with E-state index in [1.165, 1.54) is 0 Å². The number of carbonyl (C=O) groups is 1. The van der Waals surface area contributed by atoms with Gasteiger partial charge in [0, 0.05) is 36.5 Å². The maximum atomic E-state index is 11.8. The zero-order valence-electron chi connectivity index (χ0n) is 17.8. The van der Waals surface area contributed by atoms with E-state index in [0.29, 0.717) is 12.1 Å². The molecule has 160 valence electrons. The highest BCUT2D eigenvalue weighted by Crippen LogP contribution is 2.24. The number of hydrogen-bond donors (Lipinski definition) is 3. The summed E-state index contributed by atoms with van der Waals surface area (Å²) < 4.78 is 0. The summed E-state index contributed by atoms with van der Waals surface area (Å²) in [6.07, 6.45) is 0.806. The highest BCUT2D eigenvalue weighted by molar-refractivity contribution is 14.0. The molecule has 1 aromatic carbocycles.